The monoisotopic (exact) mass is 473 g/mol. The van der Waals surface area contributed by atoms with Gasteiger partial charge in [0.15, 0.2) is 0 Å². The molecule has 2 heterocycles. The fourth-order valence-electron chi connectivity index (χ4n) is 5.15. The molecule has 0 amide bonds. The second-order valence-corrected chi connectivity index (χ2v) is 9.23. The topological polar surface area (TPSA) is 26.0 Å². The Morgan fingerprint density at radius 2 is 0.973 bits per heavy atom. The summed E-state index contributed by atoms with van der Waals surface area (Å²) >= 11 is 0. The Bertz CT molecular complexity index is 1850. The van der Waals surface area contributed by atoms with Crippen molar-refractivity contribution in [3.05, 3.63) is 140 Å². The summed E-state index contributed by atoms with van der Waals surface area (Å²) in [5.41, 5.74) is 10.9. The predicted molar refractivity (Wildman–Crippen MR) is 153 cm³/mol. The van der Waals surface area contributed by atoms with E-state index in [0.29, 0.717) is 0 Å². The Hall–Kier alpha value is -4.95. The van der Waals surface area contributed by atoms with Gasteiger partial charge in [-0.05, 0) is 39.9 Å². The van der Waals surface area contributed by atoms with Gasteiger partial charge in [-0.1, -0.05) is 115 Å². The average molecular weight is 474 g/mol. The summed E-state index contributed by atoms with van der Waals surface area (Å²) in [7, 11) is 0. The highest BCUT2D eigenvalue weighted by atomic mass is 16.3. The smallest absolute Gasteiger partial charge is 0.143 e. The molecule has 0 aliphatic carbocycles. The maximum atomic E-state index is 6.67. The first-order valence-electron chi connectivity index (χ1n) is 12.5. The van der Waals surface area contributed by atoms with Gasteiger partial charge in [0.1, 0.15) is 11.2 Å². The summed E-state index contributed by atoms with van der Waals surface area (Å²) in [5, 5.41) is 2.26. The molecule has 0 unspecified atom stereocenters. The second kappa shape index (κ2) is 8.92. The van der Waals surface area contributed by atoms with Crippen LogP contribution >= 0.6 is 0 Å². The van der Waals surface area contributed by atoms with Crippen molar-refractivity contribution in [2.45, 2.75) is 0 Å². The summed E-state index contributed by atoms with van der Waals surface area (Å²) in [4.78, 5) is 4.28. The summed E-state index contributed by atoms with van der Waals surface area (Å²) in [6, 6.07) is 44.6. The molecule has 2 aromatic heterocycles. The number of fused-ring (bicyclic) bond motifs is 3. The fraction of sp³-hybridized carbons (Fsp3) is 0. The Kier molecular flexibility index (Phi) is 5.15. The summed E-state index contributed by atoms with van der Waals surface area (Å²) in [6.07, 6.45) is 3.70. The molecule has 0 spiro atoms. The molecule has 0 saturated carbocycles. The SMILES string of the molecule is c1ccc(-c2ccc(-c3cccc4c3oc3c(-c5cccc(-c6cccnc6)c5)cccc34)cc2)cc1. The van der Waals surface area contributed by atoms with E-state index in [2.05, 4.69) is 120 Å². The van der Waals surface area contributed by atoms with E-state index in [0.717, 1.165) is 55.3 Å². The molecule has 5 aromatic carbocycles. The lowest BCUT2D eigenvalue weighted by Gasteiger charge is -2.06. The normalized spacial score (nSPS) is 11.2. The van der Waals surface area contributed by atoms with Gasteiger partial charge in [-0.3, -0.25) is 4.98 Å². The van der Waals surface area contributed by atoms with Gasteiger partial charge in [-0.25, -0.2) is 0 Å². The molecule has 0 radical (unpaired) electrons. The van der Waals surface area contributed by atoms with Crippen molar-refractivity contribution >= 4 is 21.9 Å². The molecule has 0 fully saturated rings. The Balaban J connectivity index is 1.35. The molecular formula is C35H23NO. The molecule has 2 heteroatoms. The standard InChI is InChI=1S/C35H23NO/c1-2-8-24(9-3-1)25-17-19-26(20-18-25)30-13-5-15-32-33-16-6-14-31(35(33)37-34(30)32)28-11-4-10-27(22-28)29-12-7-21-36-23-29/h1-23H. The average Bonchev–Trinajstić information content (AvgIpc) is 3.37. The molecule has 7 rings (SSSR count). The predicted octanol–water partition coefficient (Wildman–Crippen LogP) is 9.65. The minimum absolute atomic E-state index is 0.911. The van der Waals surface area contributed by atoms with E-state index < -0.39 is 0 Å². The van der Waals surface area contributed by atoms with Crippen LogP contribution in [-0.4, -0.2) is 4.98 Å². The van der Waals surface area contributed by atoms with Crippen molar-refractivity contribution in [2.75, 3.05) is 0 Å². The molecule has 0 saturated heterocycles. The van der Waals surface area contributed by atoms with E-state index in [1.807, 2.05) is 18.3 Å². The first kappa shape index (κ1) is 21.3. The lowest BCUT2D eigenvalue weighted by molar-refractivity contribution is 0.671. The summed E-state index contributed by atoms with van der Waals surface area (Å²) in [5.74, 6) is 0. The van der Waals surface area contributed by atoms with Crippen LogP contribution in [0.2, 0.25) is 0 Å². The number of aromatic nitrogens is 1. The van der Waals surface area contributed by atoms with Crippen molar-refractivity contribution in [1.29, 1.82) is 0 Å². The van der Waals surface area contributed by atoms with Crippen molar-refractivity contribution in [3.63, 3.8) is 0 Å². The maximum absolute atomic E-state index is 6.67. The van der Waals surface area contributed by atoms with Gasteiger partial charge < -0.3 is 4.42 Å². The summed E-state index contributed by atoms with van der Waals surface area (Å²) in [6.45, 7) is 0. The molecule has 174 valence electrons. The van der Waals surface area contributed by atoms with E-state index in [9.17, 15) is 0 Å². The van der Waals surface area contributed by atoms with Crippen LogP contribution in [-0.2, 0) is 0 Å². The molecular weight excluding hydrogens is 450 g/mol. The number of pyridine rings is 1. The minimum atomic E-state index is 0.911. The third-order valence-electron chi connectivity index (χ3n) is 7.00. The quantitative estimate of drug-likeness (QED) is 0.254. The van der Waals surface area contributed by atoms with E-state index in [1.54, 1.807) is 6.20 Å². The second-order valence-electron chi connectivity index (χ2n) is 9.23. The van der Waals surface area contributed by atoms with Crippen LogP contribution in [0.3, 0.4) is 0 Å². The maximum Gasteiger partial charge on any atom is 0.143 e. The molecule has 0 atom stereocenters. The first-order valence-corrected chi connectivity index (χ1v) is 12.5. The van der Waals surface area contributed by atoms with E-state index in [1.165, 1.54) is 11.1 Å². The molecule has 2 nitrogen and oxygen atoms in total. The van der Waals surface area contributed by atoms with Crippen LogP contribution in [0.15, 0.2) is 144 Å². The molecule has 0 N–H and O–H groups in total. The lowest BCUT2D eigenvalue weighted by atomic mass is 9.97. The van der Waals surface area contributed by atoms with Gasteiger partial charge in [0.05, 0.1) is 0 Å². The van der Waals surface area contributed by atoms with E-state index in [-0.39, 0.29) is 0 Å². The highest BCUT2D eigenvalue weighted by molar-refractivity contribution is 6.13. The van der Waals surface area contributed by atoms with Crippen LogP contribution < -0.4 is 0 Å². The van der Waals surface area contributed by atoms with Crippen molar-refractivity contribution in [2.24, 2.45) is 0 Å². The fourth-order valence-corrected chi connectivity index (χ4v) is 5.15. The number of para-hydroxylation sites is 2. The van der Waals surface area contributed by atoms with Gasteiger partial charge in [0, 0.05) is 39.9 Å². The number of hydrogen-bond acceptors (Lipinski definition) is 2. The molecule has 37 heavy (non-hydrogen) atoms. The van der Waals surface area contributed by atoms with E-state index >= 15 is 0 Å². The number of furan rings is 1. The zero-order valence-corrected chi connectivity index (χ0v) is 20.1. The van der Waals surface area contributed by atoms with Gasteiger partial charge >= 0.3 is 0 Å². The van der Waals surface area contributed by atoms with Crippen LogP contribution in [0.25, 0.3) is 66.4 Å². The number of hydrogen-bond donors (Lipinski definition) is 0. The van der Waals surface area contributed by atoms with E-state index in [4.69, 9.17) is 4.42 Å². The Labute approximate surface area is 215 Å². The van der Waals surface area contributed by atoms with Crippen LogP contribution in [0.5, 0.6) is 0 Å². The highest BCUT2D eigenvalue weighted by Crippen LogP contribution is 2.40. The number of benzene rings is 5. The molecule has 0 aliphatic rings. The third-order valence-corrected chi connectivity index (χ3v) is 7.00. The Morgan fingerprint density at radius 3 is 1.68 bits per heavy atom. The van der Waals surface area contributed by atoms with Gasteiger partial charge in [0.2, 0.25) is 0 Å². The Morgan fingerprint density at radius 1 is 0.405 bits per heavy atom. The van der Waals surface area contributed by atoms with Gasteiger partial charge in [-0.15, -0.1) is 0 Å². The van der Waals surface area contributed by atoms with Crippen molar-refractivity contribution in [3.8, 4) is 44.5 Å². The molecule has 0 aliphatic heterocycles. The largest absolute Gasteiger partial charge is 0.455 e. The van der Waals surface area contributed by atoms with Gasteiger partial charge in [0.25, 0.3) is 0 Å². The third kappa shape index (κ3) is 3.80. The van der Waals surface area contributed by atoms with Crippen LogP contribution in [0.1, 0.15) is 0 Å². The first-order chi connectivity index (χ1) is 18.3. The summed E-state index contributed by atoms with van der Waals surface area (Å²) < 4.78 is 6.67. The highest BCUT2D eigenvalue weighted by Gasteiger charge is 2.16. The van der Waals surface area contributed by atoms with Crippen molar-refractivity contribution < 1.29 is 4.42 Å². The van der Waals surface area contributed by atoms with Gasteiger partial charge in [-0.2, -0.15) is 0 Å². The zero-order chi connectivity index (χ0) is 24.6. The van der Waals surface area contributed by atoms with Crippen LogP contribution in [0.4, 0.5) is 0 Å². The molecule has 0 bridgehead atoms. The van der Waals surface area contributed by atoms with Crippen molar-refractivity contribution in [1.82, 2.24) is 4.98 Å². The minimum Gasteiger partial charge on any atom is -0.455 e. The van der Waals surface area contributed by atoms with Crippen LogP contribution in [0, 0.1) is 0 Å². The lowest BCUT2D eigenvalue weighted by Crippen LogP contribution is -1.83. The number of nitrogens with zero attached hydrogens (tertiary/aromatic N) is 1. The molecule has 7 aromatic rings. The number of rotatable bonds is 4. The zero-order valence-electron chi connectivity index (χ0n) is 20.1.